The Bertz CT molecular complexity index is 554. The van der Waals surface area contributed by atoms with Crippen molar-refractivity contribution in [2.45, 2.75) is 129 Å². The predicted molar refractivity (Wildman–Crippen MR) is 143 cm³/mol. The minimum atomic E-state index is -1.08. The molecule has 0 spiro atoms. The van der Waals surface area contributed by atoms with E-state index in [1.165, 1.54) is 64.2 Å². The van der Waals surface area contributed by atoms with Crippen LogP contribution in [0.4, 0.5) is 0 Å². The number of hydrogen-bond acceptors (Lipinski definition) is 4. The minimum absolute atomic E-state index is 0.0201. The lowest BCUT2D eigenvalue weighted by Crippen LogP contribution is -2.51. The van der Waals surface area contributed by atoms with Crippen LogP contribution in [0.1, 0.15) is 129 Å². The number of aliphatic carboxylic acids is 3. The molecular weight excluding hydrogens is 458 g/mol. The first kappa shape index (κ1) is 34.1. The van der Waals surface area contributed by atoms with Crippen LogP contribution in [0.2, 0.25) is 0 Å². The molecule has 0 radical (unpaired) electrons. The van der Waals surface area contributed by atoms with Gasteiger partial charge in [0.15, 0.2) is 0 Å². The molecule has 2 N–H and O–H groups in total. The number of rotatable bonds is 27. The maximum Gasteiger partial charge on any atom is 0.303 e. The number of hydrogen-bond donors (Lipinski definition) is 2. The van der Waals surface area contributed by atoms with Crippen molar-refractivity contribution in [1.82, 2.24) is 0 Å². The van der Waals surface area contributed by atoms with Crippen LogP contribution >= 0.6 is 0 Å². The molecule has 0 fully saturated rings. The van der Waals surface area contributed by atoms with Gasteiger partial charge in [-0.2, -0.15) is 0 Å². The fourth-order valence-electron chi connectivity index (χ4n) is 4.95. The number of carbonyl (C=O) groups excluding carboxylic acids is 1. The van der Waals surface area contributed by atoms with Crippen molar-refractivity contribution in [3.8, 4) is 0 Å². The van der Waals surface area contributed by atoms with Gasteiger partial charge in [-0.3, -0.25) is 9.59 Å². The second-order valence-electron chi connectivity index (χ2n) is 10.3. The number of carboxylic acid groups (broad SMARTS) is 3. The average molecular weight is 512 g/mol. The van der Waals surface area contributed by atoms with Crippen molar-refractivity contribution in [2.24, 2.45) is 0 Å². The summed E-state index contributed by atoms with van der Waals surface area (Å²) in [6.07, 6.45) is 22.2. The quantitative estimate of drug-likeness (QED) is 0.0829. The topological polar surface area (TPSA) is 115 Å². The highest BCUT2D eigenvalue weighted by atomic mass is 16.4. The maximum absolute atomic E-state index is 11.0. The lowest BCUT2D eigenvalue weighted by molar-refractivity contribution is -0.929. The van der Waals surface area contributed by atoms with E-state index >= 15 is 0 Å². The molecule has 0 aliphatic rings. The lowest BCUT2D eigenvalue weighted by atomic mass is 10.0. The molecule has 0 rings (SSSR count). The first-order chi connectivity index (χ1) is 17.3. The van der Waals surface area contributed by atoms with Gasteiger partial charge < -0.3 is 24.6 Å². The fraction of sp³-hybridized carbons (Fsp3) is 0.828. The van der Waals surface area contributed by atoms with Gasteiger partial charge in [0.05, 0.1) is 39.0 Å². The van der Waals surface area contributed by atoms with Crippen LogP contribution in [0, 0.1) is 0 Å². The molecular formula is C29H53NO6. The van der Waals surface area contributed by atoms with Gasteiger partial charge >= 0.3 is 11.9 Å². The number of unbranched alkanes of at least 4 members (excludes halogenated alkanes) is 11. The van der Waals surface area contributed by atoms with Crippen molar-refractivity contribution < 1.29 is 34.2 Å². The van der Waals surface area contributed by atoms with Crippen molar-refractivity contribution in [3.05, 3.63) is 12.2 Å². The predicted octanol–water partition coefficient (Wildman–Crippen LogP) is 5.71. The number of allylic oxidation sites excluding steroid dienone is 2. The molecule has 7 heteroatoms. The first-order valence-electron chi connectivity index (χ1n) is 14.4. The van der Waals surface area contributed by atoms with Crippen LogP contribution in [0.25, 0.3) is 0 Å². The van der Waals surface area contributed by atoms with Gasteiger partial charge in [0.2, 0.25) is 0 Å². The number of carbonyl (C=O) groups is 3. The Hall–Kier alpha value is -1.89. The molecule has 0 amide bonds. The molecule has 0 atom stereocenters. The Labute approximate surface area is 219 Å². The largest absolute Gasteiger partial charge is 0.550 e. The summed E-state index contributed by atoms with van der Waals surface area (Å²) in [7, 11) is 0. The Morgan fingerprint density at radius 1 is 0.583 bits per heavy atom. The fourth-order valence-corrected chi connectivity index (χ4v) is 4.95. The van der Waals surface area contributed by atoms with Crippen LogP contribution in [0.5, 0.6) is 0 Å². The third-order valence-electron chi connectivity index (χ3n) is 6.97. The molecule has 0 aromatic heterocycles. The highest BCUT2D eigenvalue weighted by Crippen LogP contribution is 2.18. The summed E-state index contributed by atoms with van der Waals surface area (Å²) in [4.78, 5) is 33.0. The second kappa shape index (κ2) is 23.5. The van der Waals surface area contributed by atoms with Gasteiger partial charge in [-0.25, -0.2) is 0 Å². The molecule has 0 aliphatic carbocycles. The van der Waals surface area contributed by atoms with E-state index in [-0.39, 0.29) is 19.3 Å². The zero-order valence-corrected chi connectivity index (χ0v) is 22.9. The van der Waals surface area contributed by atoms with Crippen molar-refractivity contribution in [2.75, 3.05) is 26.2 Å². The third kappa shape index (κ3) is 22.6. The molecule has 36 heavy (non-hydrogen) atoms. The summed E-state index contributed by atoms with van der Waals surface area (Å²) >= 11 is 0. The van der Waals surface area contributed by atoms with Crippen molar-refractivity contribution in [1.29, 1.82) is 0 Å². The van der Waals surface area contributed by atoms with E-state index < -0.39 is 17.9 Å². The number of nitrogens with zero attached hydrogens (tertiary/aromatic N) is 1. The van der Waals surface area contributed by atoms with Gasteiger partial charge in [-0.05, 0) is 38.5 Å². The van der Waals surface area contributed by atoms with E-state index in [4.69, 9.17) is 10.2 Å². The normalized spacial score (nSPS) is 11.8. The van der Waals surface area contributed by atoms with E-state index in [0.29, 0.717) is 43.4 Å². The van der Waals surface area contributed by atoms with Gasteiger partial charge in [-0.15, -0.1) is 0 Å². The van der Waals surface area contributed by atoms with Crippen LogP contribution in [-0.4, -0.2) is 58.8 Å². The van der Waals surface area contributed by atoms with E-state index in [0.717, 1.165) is 25.8 Å². The summed E-state index contributed by atoms with van der Waals surface area (Å²) in [5, 5.41) is 29.0. The summed E-state index contributed by atoms with van der Waals surface area (Å²) < 4.78 is 0.613. The third-order valence-corrected chi connectivity index (χ3v) is 6.97. The first-order valence-corrected chi connectivity index (χ1v) is 14.4. The maximum atomic E-state index is 11.0. The monoisotopic (exact) mass is 511 g/mol. The Balaban J connectivity index is 4.31. The standard InChI is InChI=1S/C29H53NO6/c1-2-3-4-5-6-7-8-9-10-11-12-13-14-15-16-23-30(24-17-20-27(31)32,25-18-21-28(33)34)26-19-22-29(35)36/h3-4H,2,5-26H2,1H3,(H2-,31,32,33,34,35,36)/b4-3+. The molecule has 0 aliphatic heterocycles. The van der Waals surface area contributed by atoms with Crippen LogP contribution < -0.4 is 5.11 Å². The highest BCUT2D eigenvalue weighted by molar-refractivity contribution is 5.66. The molecule has 0 unspecified atom stereocenters. The van der Waals surface area contributed by atoms with Gasteiger partial charge in [-0.1, -0.05) is 70.4 Å². The van der Waals surface area contributed by atoms with E-state index in [1.54, 1.807) is 0 Å². The van der Waals surface area contributed by atoms with Gasteiger partial charge in [0.25, 0.3) is 0 Å². The molecule has 0 heterocycles. The zero-order chi connectivity index (χ0) is 26.9. The second-order valence-corrected chi connectivity index (χ2v) is 10.3. The van der Waals surface area contributed by atoms with E-state index in [9.17, 15) is 19.5 Å². The molecule has 7 nitrogen and oxygen atoms in total. The van der Waals surface area contributed by atoms with Crippen LogP contribution in [0.15, 0.2) is 12.2 Å². The summed E-state index contributed by atoms with van der Waals surface area (Å²) in [6, 6.07) is 0. The zero-order valence-electron chi connectivity index (χ0n) is 22.9. The number of quaternary nitrogens is 1. The van der Waals surface area contributed by atoms with Gasteiger partial charge in [0, 0.05) is 25.2 Å². The van der Waals surface area contributed by atoms with E-state index in [1.807, 2.05) is 0 Å². The van der Waals surface area contributed by atoms with Crippen LogP contribution in [-0.2, 0) is 14.4 Å². The van der Waals surface area contributed by atoms with Crippen LogP contribution in [0.3, 0.4) is 0 Å². The Morgan fingerprint density at radius 2 is 0.972 bits per heavy atom. The summed E-state index contributed by atoms with van der Waals surface area (Å²) in [5.41, 5.74) is 0. The molecule has 210 valence electrons. The smallest absolute Gasteiger partial charge is 0.303 e. The molecule has 0 aromatic rings. The SMILES string of the molecule is CC/C=C/CCCCCCCCCCCCC[N+](CCCC(=O)[O-])(CCCC(=O)O)CCCC(=O)O. The molecule has 0 bridgehead atoms. The Kier molecular flexibility index (Phi) is 22.3. The minimum Gasteiger partial charge on any atom is -0.550 e. The number of carboxylic acids is 3. The van der Waals surface area contributed by atoms with Crippen molar-refractivity contribution >= 4 is 17.9 Å². The molecule has 0 aromatic carbocycles. The molecule has 0 saturated heterocycles. The lowest BCUT2D eigenvalue weighted by Gasteiger charge is -2.39. The van der Waals surface area contributed by atoms with Crippen molar-refractivity contribution in [3.63, 3.8) is 0 Å². The molecule has 0 saturated carbocycles. The summed E-state index contributed by atoms with van der Waals surface area (Å²) in [6.45, 7) is 4.94. The average Bonchev–Trinajstić information content (AvgIpc) is 2.80. The van der Waals surface area contributed by atoms with Gasteiger partial charge in [0.1, 0.15) is 0 Å². The summed E-state index contributed by atoms with van der Waals surface area (Å²) in [5.74, 6) is -2.75. The highest BCUT2D eigenvalue weighted by Gasteiger charge is 2.26. The van der Waals surface area contributed by atoms with E-state index in [2.05, 4.69) is 19.1 Å². The Morgan fingerprint density at radius 3 is 1.39 bits per heavy atom.